The molecule has 104 valence electrons. The van der Waals surface area contributed by atoms with E-state index in [0.29, 0.717) is 10.2 Å². The number of H-pyrrole nitrogens is 1. The average molecular weight is 288 g/mol. The van der Waals surface area contributed by atoms with Crippen LogP contribution in [-0.4, -0.2) is 9.97 Å². The maximum Gasteiger partial charge on any atom is 0.139 e. The molecule has 0 atom stereocenters. The van der Waals surface area contributed by atoms with Gasteiger partial charge in [0.2, 0.25) is 0 Å². The number of rotatable bonds is 1. The lowest BCUT2D eigenvalue weighted by Gasteiger charge is -2.10. The largest absolute Gasteiger partial charge is 0.343 e. The number of nitrogens with one attached hydrogen (secondary N) is 1. The molecule has 0 bridgehead atoms. The lowest BCUT2D eigenvalue weighted by atomic mass is 10.1. The summed E-state index contributed by atoms with van der Waals surface area (Å²) in [5, 5.41) is 0. The molecular weight excluding hydrogens is 271 g/mol. The van der Waals surface area contributed by atoms with Crippen LogP contribution in [0, 0.1) is 17.4 Å². The molecule has 0 unspecified atom stereocenters. The number of nitrogens with zero attached hydrogens (tertiary/aromatic N) is 1. The Balaban J connectivity index is 2.10. The molecule has 2 aromatic rings. The number of aromatic amines is 1. The maximum atomic E-state index is 13.4. The van der Waals surface area contributed by atoms with Crippen LogP contribution in [0.3, 0.4) is 0 Å². The second kappa shape index (κ2) is 5.44. The standard InChI is InChI=1S/C16H17FN2S/c1-10-9-11(7-8-13(10)17)15-18-14-6-4-2-3-5-12(14)16(20)19-15/h7-9H,2-6H2,1H3,(H,18,19,20). The summed E-state index contributed by atoms with van der Waals surface area (Å²) in [5.74, 6) is 0.556. The van der Waals surface area contributed by atoms with E-state index in [1.807, 2.05) is 6.07 Å². The van der Waals surface area contributed by atoms with E-state index in [-0.39, 0.29) is 5.82 Å². The first kappa shape index (κ1) is 13.4. The van der Waals surface area contributed by atoms with Gasteiger partial charge in [-0.05, 0) is 56.4 Å². The molecule has 1 heterocycles. The zero-order chi connectivity index (χ0) is 14.1. The number of halogens is 1. The van der Waals surface area contributed by atoms with Gasteiger partial charge in [0.15, 0.2) is 0 Å². The third-order valence-corrected chi connectivity index (χ3v) is 4.23. The molecule has 0 aliphatic heterocycles. The van der Waals surface area contributed by atoms with Gasteiger partial charge in [0.05, 0.1) is 0 Å². The van der Waals surface area contributed by atoms with Crippen molar-refractivity contribution >= 4 is 12.2 Å². The van der Waals surface area contributed by atoms with E-state index in [4.69, 9.17) is 12.2 Å². The molecule has 0 radical (unpaired) electrons. The van der Waals surface area contributed by atoms with E-state index < -0.39 is 0 Å². The Labute approximate surface area is 123 Å². The smallest absolute Gasteiger partial charge is 0.139 e. The fourth-order valence-corrected chi connectivity index (χ4v) is 3.04. The molecule has 2 nitrogen and oxygen atoms in total. The van der Waals surface area contributed by atoms with Crippen LogP contribution in [0.15, 0.2) is 18.2 Å². The molecule has 0 amide bonds. The van der Waals surface area contributed by atoms with E-state index in [0.717, 1.165) is 24.2 Å². The molecule has 1 N–H and O–H groups in total. The Kier molecular flexibility index (Phi) is 3.66. The molecule has 4 heteroatoms. The highest BCUT2D eigenvalue weighted by atomic mass is 32.1. The van der Waals surface area contributed by atoms with Gasteiger partial charge in [-0.15, -0.1) is 0 Å². The van der Waals surface area contributed by atoms with Crippen LogP contribution in [0.25, 0.3) is 11.4 Å². The molecule has 1 aliphatic rings. The highest BCUT2D eigenvalue weighted by Crippen LogP contribution is 2.24. The highest BCUT2D eigenvalue weighted by Gasteiger charge is 2.13. The lowest BCUT2D eigenvalue weighted by molar-refractivity contribution is 0.618. The van der Waals surface area contributed by atoms with Crippen molar-refractivity contribution in [1.29, 1.82) is 0 Å². The van der Waals surface area contributed by atoms with E-state index >= 15 is 0 Å². The van der Waals surface area contributed by atoms with Crippen molar-refractivity contribution < 1.29 is 4.39 Å². The Morgan fingerprint density at radius 1 is 1.20 bits per heavy atom. The monoisotopic (exact) mass is 288 g/mol. The predicted octanol–water partition coefficient (Wildman–Crippen LogP) is 4.52. The fraction of sp³-hybridized carbons (Fsp3) is 0.375. The van der Waals surface area contributed by atoms with Crippen LogP contribution < -0.4 is 0 Å². The number of aromatic nitrogens is 2. The van der Waals surface area contributed by atoms with E-state index in [2.05, 4.69) is 9.97 Å². The molecule has 1 aliphatic carbocycles. The fourth-order valence-electron chi connectivity index (χ4n) is 2.72. The summed E-state index contributed by atoms with van der Waals surface area (Å²) in [6, 6.07) is 5.04. The van der Waals surface area contributed by atoms with Gasteiger partial charge in [-0.1, -0.05) is 18.6 Å². The van der Waals surface area contributed by atoms with Crippen LogP contribution in [0.2, 0.25) is 0 Å². The topological polar surface area (TPSA) is 28.7 Å². The van der Waals surface area contributed by atoms with Crippen LogP contribution >= 0.6 is 12.2 Å². The van der Waals surface area contributed by atoms with Gasteiger partial charge in [-0.2, -0.15) is 0 Å². The summed E-state index contributed by atoms with van der Waals surface area (Å²) in [4.78, 5) is 7.91. The molecule has 0 saturated heterocycles. The van der Waals surface area contributed by atoms with Gasteiger partial charge < -0.3 is 4.98 Å². The third-order valence-electron chi connectivity index (χ3n) is 3.89. The Morgan fingerprint density at radius 3 is 2.80 bits per heavy atom. The van der Waals surface area contributed by atoms with Crippen molar-refractivity contribution in [2.24, 2.45) is 0 Å². The molecule has 1 aromatic heterocycles. The molecule has 3 rings (SSSR count). The molecule has 0 fully saturated rings. The number of hydrogen-bond donors (Lipinski definition) is 1. The first-order chi connectivity index (χ1) is 9.65. The van der Waals surface area contributed by atoms with Crippen molar-refractivity contribution in [3.63, 3.8) is 0 Å². The maximum absolute atomic E-state index is 13.4. The van der Waals surface area contributed by atoms with Crippen LogP contribution in [0.5, 0.6) is 0 Å². The highest BCUT2D eigenvalue weighted by molar-refractivity contribution is 7.71. The molecular formula is C16H17FN2S. The Bertz CT molecular complexity index is 706. The minimum atomic E-state index is -0.192. The van der Waals surface area contributed by atoms with Crippen molar-refractivity contribution in [3.05, 3.63) is 45.5 Å². The summed E-state index contributed by atoms with van der Waals surface area (Å²) in [6.07, 6.45) is 5.64. The lowest BCUT2D eigenvalue weighted by Crippen LogP contribution is -2.02. The average Bonchev–Trinajstić information content (AvgIpc) is 2.67. The molecule has 1 aromatic carbocycles. The second-order valence-electron chi connectivity index (χ2n) is 5.37. The summed E-state index contributed by atoms with van der Waals surface area (Å²) in [5.41, 5.74) is 3.92. The van der Waals surface area contributed by atoms with E-state index in [1.165, 1.54) is 36.6 Å². The summed E-state index contributed by atoms with van der Waals surface area (Å²) < 4.78 is 14.1. The second-order valence-corrected chi connectivity index (χ2v) is 5.76. The summed E-state index contributed by atoms with van der Waals surface area (Å²) >= 11 is 5.44. The normalized spacial score (nSPS) is 14.7. The molecule has 0 spiro atoms. The minimum Gasteiger partial charge on any atom is -0.343 e. The zero-order valence-electron chi connectivity index (χ0n) is 11.5. The number of fused-ring (bicyclic) bond motifs is 1. The van der Waals surface area contributed by atoms with Crippen molar-refractivity contribution in [2.75, 3.05) is 0 Å². The first-order valence-electron chi connectivity index (χ1n) is 7.04. The van der Waals surface area contributed by atoms with Crippen molar-refractivity contribution in [2.45, 2.75) is 39.0 Å². The third kappa shape index (κ3) is 2.52. The van der Waals surface area contributed by atoms with Gasteiger partial charge >= 0.3 is 0 Å². The summed E-state index contributed by atoms with van der Waals surface area (Å²) in [7, 11) is 0. The zero-order valence-corrected chi connectivity index (χ0v) is 12.3. The minimum absolute atomic E-state index is 0.192. The van der Waals surface area contributed by atoms with E-state index in [1.54, 1.807) is 13.0 Å². The van der Waals surface area contributed by atoms with Gasteiger partial charge in [-0.25, -0.2) is 9.37 Å². The quantitative estimate of drug-likeness (QED) is 0.617. The number of benzene rings is 1. The van der Waals surface area contributed by atoms with Crippen LogP contribution in [0.4, 0.5) is 4.39 Å². The van der Waals surface area contributed by atoms with Gasteiger partial charge in [0, 0.05) is 16.8 Å². The van der Waals surface area contributed by atoms with Crippen molar-refractivity contribution in [1.82, 2.24) is 9.97 Å². The van der Waals surface area contributed by atoms with E-state index in [9.17, 15) is 4.39 Å². The van der Waals surface area contributed by atoms with Gasteiger partial charge in [0.1, 0.15) is 16.3 Å². The first-order valence-corrected chi connectivity index (χ1v) is 7.44. The number of hydrogen-bond acceptors (Lipinski definition) is 2. The Hall–Kier alpha value is -1.55. The summed E-state index contributed by atoms with van der Waals surface area (Å²) in [6.45, 7) is 1.76. The van der Waals surface area contributed by atoms with Crippen LogP contribution in [0.1, 0.15) is 36.1 Å². The van der Waals surface area contributed by atoms with Gasteiger partial charge in [0.25, 0.3) is 0 Å². The Morgan fingerprint density at radius 2 is 2.00 bits per heavy atom. The predicted molar refractivity (Wildman–Crippen MR) is 80.8 cm³/mol. The van der Waals surface area contributed by atoms with Gasteiger partial charge in [-0.3, -0.25) is 0 Å². The molecule has 0 saturated carbocycles. The van der Waals surface area contributed by atoms with Crippen molar-refractivity contribution in [3.8, 4) is 11.4 Å². The molecule has 20 heavy (non-hydrogen) atoms. The number of aryl methyl sites for hydroxylation is 2. The van der Waals surface area contributed by atoms with Crippen LogP contribution in [-0.2, 0) is 12.8 Å². The SMILES string of the molecule is Cc1cc(-c2nc(=S)c3c([nH]2)CCCCC3)ccc1F.